The zero-order valence-corrected chi connectivity index (χ0v) is 8.03. The van der Waals surface area contributed by atoms with Crippen LogP contribution < -0.4 is 0 Å². The number of aryl methyl sites for hydroxylation is 1. The zero-order valence-electron chi connectivity index (χ0n) is 5.19. The molecule has 2 heteroatoms. The molecule has 0 heterocycles. The largest absolute Gasteiger partial charge is 0.236 e. The first-order valence-electron chi connectivity index (χ1n) is 2.43. The monoisotopic (exact) mass is 198 g/mol. The van der Waals surface area contributed by atoms with Crippen LogP contribution in [0.3, 0.4) is 0 Å². The van der Waals surface area contributed by atoms with E-state index in [0.717, 1.165) is 5.56 Å². The van der Waals surface area contributed by atoms with Gasteiger partial charge in [-0.15, -0.1) is 12.1 Å². The summed E-state index contributed by atoms with van der Waals surface area (Å²) in [5.74, 6) is -0.287. The maximum absolute atomic E-state index is 12.1. The molecule has 0 unspecified atom stereocenters. The Morgan fingerprint density at radius 2 is 2.22 bits per heavy atom. The van der Waals surface area contributed by atoms with Crippen LogP contribution in [0.2, 0.25) is 0 Å². The van der Waals surface area contributed by atoms with Gasteiger partial charge in [0.1, 0.15) is 0 Å². The van der Waals surface area contributed by atoms with Gasteiger partial charge in [-0.2, -0.15) is 17.7 Å². The minimum Gasteiger partial charge on any atom is -0.236 e. The van der Waals surface area contributed by atoms with Crippen LogP contribution in [-0.2, 0) is 32.7 Å². The third-order valence-corrected chi connectivity index (χ3v) is 0.922. The normalized spacial score (nSPS) is 8.22. The molecule has 0 aliphatic carbocycles. The van der Waals surface area contributed by atoms with Crippen LogP contribution in [-0.4, -0.2) is 0 Å². The Morgan fingerprint density at radius 3 is 2.56 bits per heavy atom. The van der Waals surface area contributed by atoms with Crippen LogP contribution >= 0.6 is 0 Å². The number of benzene rings is 1. The molecule has 9 heavy (non-hydrogen) atoms. The van der Waals surface area contributed by atoms with Gasteiger partial charge in [0.2, 0.25) is 0 Å². The van der Waals surface area contributed by atoms with Crippen molar-refractivity contribution < 1.29 is 37.1 Å². The third kappa shape index (κ3) is 3.07. The Morgan fingerprint density at radius 1 is 1.56 bits per heavy atom. The third-order valence-electron chi connectivity index (χ3n) is 0.922. The first-order valence-corrected chi connectivity index (χ1v) is 2.43. The van der Waals surface area contributed by atoms with Crippen LogP contribution in [0, 0.1) is 18.8 Å². The molecular formula is C7H6FY-. The van der Waals surface area contributed by atoms with Crippen molar-refractivity contribution in [1.29, 1.82) is 0 Å². The summed E-state index contributed by atoms with van der Waals surface area (Å²) in [7, 11) is 0. The van der Waals surface area contributed by atoms with Gasteiger partial charge < -0.3 is 0 Å². The van der Waals surface area contributed by atoms with E-state index < -0.39 is 0 Å². The van der Waals surface area contributed by atoms with Gasteiger partial charge in [-0.25, -0.2) is 4.39 Å². The molecular weight excluding hydrogens is 192 g/mol. The molecule has 0 saturated carbocycles. The van der Waals surface area contributed by atoms with Crippen molar-refractivity contribution in [2.75, 3.05) is 0 Å². The Bertz CT molecular complexity index is 169. The first kappa shape index (κ1) is 9.25. The fourth-order valence-corrected chi connectivity index (χ4v) is 0.542. The molecule has 0 aromatic heterocycles. The molecule has 0 nitrogen and oxygen atoms in total. The average Bonchev–Trinajstić information content (AvgIpc) is 1.64. The maximum Gasteiger partial charge on any atom is 0.0111 e. The van der Waals surface area contributed by atoms with Crippen molar-refractivity contribution in [2.24, 2.45) is 0 Å². The van der Waals surface area contributed by atoms with Crippen molar-refractivity contribution in [3.05, 3.63) is 35.6 Å². The van der Waals surface area contributed by atoms with E-state index in [-0.39, 0.29) is 38.5 Å². The minimum atomic E-state index is -0.287. The van der Waals surface area contributed by atoms with E-state index in [4.69, 9.17) is 0 Å². The smallest absolute Gasteiger partial charge is 0.0111 e. The summed E-state index contributed by atoms with van der Waals surface area (Å²) in [5, 5.41) is 0. The molecule has 1 aromatic carbocycles. The van der Waals surface area contributed by atoms with Gasteiger partial charge in [0.05, 0.1) is 0 Å². The standard InChI is InChI=1S/C7H6F.Y/c1-6-3-2-4-7(8)5-6;/h2-3,5H,1H3;/q-1;. The van der Waals surface area contributed by atoms with Crippen molar-refractivity contribution in [1.82, 2.24) is 0 Å². The molecule has 1 rings (SSSR count). The van der Waals surface area contributed by atoms with Gasteiger partial charge in [-0.1, -0.05) is 6.92 Å². The van der Waals surface area contributed by atoms with E-state index in [9.17, 15) is 4.39 Å². The molecule has 0 aliphatic heterocycles. The summed E-state index contributed by atoms with van der Waals surface area (Å²) in [6.45, 7) is 1.84. The molecule has 45 valence electrons. The molecule has 0 fully saturated rings. The van der Waals surface area contributed by atoms with Gasteiger partial charge >= 0.3 is 0 Å². The summed E-state index contributed by atoms with van der Waals surface area (Å²) >= 11 is 0. The molecule has 0 spiro atoms. The molecule has 0 bridgehead atoms. The zero-order chi connectivity index (χ0) is 5.98. The van der Waals surface area contributed by atoms with Gasteiger partial charge in [-0.3, -0.25) is 0 Å². The Labute approximate surface area is 79.3 Å². The van der Waals surface area contributed by atoms with Gasteiger partial charge in [0.25, 0.3) is 0 Å². The predicted octanol–water partition coefficient (Wildman–Crippen LogP) is 1.93. The Kier molecular flexibility index (Phi) is 4.25. The Balaban J connectivity index is 0.000000640. The summed E-state index contributed by atoms with van der Waals surface area (Å²) in [6.07, 6.45) is 0. The van der Waals surface area contributed by atoms with Crippen LogP contribution in [0.25, 0.3) is 0 Å². The van der Waals surface area contributed by atoms with E-state index in [0.29, 0.717) is 0 Å². The van der Waals surface area contributed by atoms with E-state index in [1.165, 1.54) is 6.07 Å². The topological polar surface area (TPSA) is 0 Å². The number of rotatable bonds is 0. The van der Waals surface area contributed by atoms with E-state index >= 15 is 0 Å². The fourth-order valence-electron chi connectivity index (χ4n) is 0.542. The van der Waals surface area contributed by atoms with Gasteiger partial charge in [-0.05, 0) is 0 Å². The molecule has 0 atom stereocenters. The van der Waals surface area contributed by atoms with E-state index in [2.05, 4.69) is 6.07 Å². The van der Waals surface area contributed by atoms with Gasteiger partial charge in [0.15, 0.2) is 0 Å². The summed E-state index contributed by atoms with van der Waals surface area (Å²) < 4.78 is 12.1. The quantitative estimate of drug-likeness (QED) is 0.558. The Hall–Kier alpha value is 0.254. The van der Waals surface area contributed by atoms with Crippen molar-refractivity contribution in [3.8, 4) is 0 Å². The minimum absolute atomic E-state index is 0. The fraction of sp³-hybridized carbons (Fsp3) is 0.143. The summed E-state index contributed by atoms with van der Waals surface area (Å²) in [6, 6.07) is 7.23. The second kappa shape index (κ2) is 4.13. The molecule has 0 amide bonds. The number of halogens is 1. The maximum atomic E-state index is 12.1. The second-order valence-electron chi connectivity index (χ2n) is 1.71. The van der Waals surface area contributed by atoms with E-state index in [1.54, 1.807) is 6.07 Å². The number of hydrogen-bond donors (Lipinski definition) is 0. The molecule has 1 aromatic rings. The second-order valence-corrected chi connectivity index (χ2v) is 1.71. The van der Waals surface area contributed by atoms with Crippen LogP contribution in [0.5, 0.6) is 0 Å². The van der Waals surface area contributed by atoms with Crippen LogP contribution in [0.1, 0.15) is 5.56 Å². The molecule has 0 aliphatic rings. The van der Waals surface area contributed by atoms with Crippen LogP contribution in [0.15, 0.2) is 18.2 Å². The van der Waals surface area contributed by atoms with Gasteiger partial charge in [0, 0.05) is 38.5 Å². The first-order chi connectivity index (χ1) is 3.79. The summed E-state index contributed by atoms with van der Waals surface area (Å²) in [5.41, 5.74) is 0.932. The van der Waals surface area contributed by atoms with Crippen molar-refractivity contribution in [3.63, 3.8) is 0 Å². The number of hydrogen-bond acceptors (Lipinski definition) is 0. The molecule has 0 N–H and O–H groups in total. The molecule has 1 radical (unpaired) electrons. The van der Waals surface area contributed by atoms with Crippen molar-refractivity contribution in [2.45, 2.75) is 6.92 Å². The summed E-state index contributed by atoms with van der Waals surface area (Å²) in [4.78, 5) is 0. The van der Waals surface area contributed by atoms with Crippen molar-refractivity contribution >= 4 is 0 Å². The average molecular weight is 198 g/mol. The SMILES string of the molecule is Cc1cc[c-]c(F)c1.[Y]. The molecule has 0 saturated heterocycles. The van der Waals surface area contributed by atoms with E-state index in [1.807, 2.05) is 13.0 Å². The van der Waals surface area contributed by atoms with Crippen LogP contribution in [0.4, 0.5) is 4.39 Å². The predicted molar refractivity (Wildman–Crippen MR) is 30.0 cm³/mol.